The number of nitrogens with zero attached hydrogens (tertiary/aromatic N) is 2. The van der Waals surface area contributed by atoms with E-state index in [0.29, 0.717) is 26.9 Å². The van der Waals surface area contributed by atoms with Crippen LogP contribution in [-0.2, 0) is 4.79 Å². The number of carbonyl (C=O) groups is 1. The van der Waals surface area contributed by atoms with Gasteiger partial charge in [-0.25, -0.2) is 0 Å². The van der Waals surface area contributed by atoms with Gasteiger partial charge in [0.1, 0.15) is 5.75 Å². The summed E-state index contributed by atoms with van der Waals surface area (Å²) in [4.78, 5) is 12.6. The summed E-state index contributed by atoms with van der Waals surface area (Å²) in [5, 5.41) is 30.6. The van der Waals surface area contributed by atoms with Crippen LogP contribution in [-0.4, -0.2) is 34.6 Å². The summed E-state index contributed by atoms with van der Waals surface area (Å²) in [6, 6.07) is 8.43. The Kier molecular flexibility index (Phi) is 6.82. The molecule has 0 bridgehead atoms. The minimum Gasteiger partial charge on any atom is -0.506 e. The van der Waals surface area contributed by atoms with E-state index in [-0.39, 0.29) is 17.4 Å². The molecular formula is C18H13I2N3O4S. The molecule has 0 spiro atoms. The van der Waals surface area contributed by atoms with Gasteiger partial charge in [0, 0.05) is 9.13 Å². The second-order valence-electron chi connectivity index (χ2n) is 5.47. The van der Waals surface area contributed by atoms with Crippen molar-refractivity contribution in [3.05, 3.63) is 53.5 Å². The van der Waals surface area contributed by atoms with Gasteiger partial charge >= 0.3 is 0 Å². The molecule has 144 valence electrons. The summed E-state index contributed by atoms with van der Waals surface area (Å²) in [7, 11) is 1.46. The lowest BCUT2D eigenvalue weighted by atomic mass is 10.2. The third-order valence-corrected chi connectivity index (χ3v) is 5.90. The van der Waals surface area contributed by atoms with Crippen LogP contribution in [0.25, 0.3) is 6.08 Å². The van der Waals surface area contributed by atoms with Crippen LogP contribution in [0.3, 0.4) is 0 Å². The Morgan fingerprint density at radius 3 is 2.75 bits per heavy atom. The summed E-state index contributed by atoms with van der Waals surface area (Å²) in [5.41, 5.74) is 1.25. The zero-order valence-corrected chi connectivity index (χ0v) is 19.4. The zero-order valence-electron chi connectivity index (χ0n) is 14.3. The van der Waals surface area contributed by atoms with Crippen LogP contribution < -0.4 is 10.1 Å². The fraction of sp³-hybridized carbons (Fsp3) is 0.0556. The second-order valence-corrected chi connectivity index (χ2v) is 8.91. The molecule has 0 aliphatic carbocycles. The average molecular weight is 621 g/mol. The maximum atomic E-state index is 12.1. The highest BCUT2D eigenvalue weighted by atomic mass is 127. The fourth-order valence-corrected chi connectivity index (χ4v) is 4.91. The highest BCUT2D eigenvalue weighted by Gasteiger charge is 2.24. The molecular weight excluding hydrogens is 608 g/mol. The first-order chi connectivity index (χ1) is 13.4. The van der Waals surface area contributed by atoms with E-state index in [2.05, 4.69) is 38.1 Å². The highest BCUT2D eigenvalue weighted by molar-refractivity contribution is 14.1. The molecule has 3 N–H and O–H groups in total. The van der Waals surface area contributed by atoms with Gasteiger partial charge in [0.25, 0.3) is 5.91 Å². The van der Waals surface area contributed by atoms with Gasteiger partial charge < -0.3 is 14.9 Å². The monoisotopic (exact) mass is 621 g/mol. The number of carbonyl (C=O) groups excluding carboxylic acids is 1. The lowest BCUT2D eigenvalue weighted by molar-refractivity contribution is -0.115. The lowest BCUT2D eigenvalue weighted by Gasteiger charge is -2.03. The first-order valence-electron chi connectivity index (χ1n) is 7.74. The summed E-state index contributed by atoms with van der Waals surface area (Å²) in [6.07, 6.45) is 3.11. The number of thioether (sulfide) groups is 1. The Balaban J connectivity index is 1.77. The molecule has 7 nitrogen and oxygen atoms in total. The molecule has 10 heteroatoms. The molecule has 0 unspecified atom stereocenters. The molecule has 2 aromatic carbocycles. The number of amidine groups is 1. The van der Waals surface area contributed by atoms with Crippen LogP contribution in [0.15, 0.2) is 45.4 Å². The number of ether oxygens (including phenoxy) is 1. The third kappa shape index (κ3) is 4.97. The minimum atomic E-state index is -0.294. The number of rotatable bonds is 4. The predicted molar refractivity (Wildman–Crippen MR) is 127 cm³/mol. The first-order valence-corrected chi connectivity index (χ1v) is 10.7. The summed E-state index contributed by atoms with van der Waals surface area (Å²) in [6.45, 7) is 0. The number of hydrogen-bond acceptors (Lipinski definition) is 7. The molecule has 1 aliphatic rings. The van der Waals surface area contributed by atoms with Crippen molar-refractivity contribution in [1.82, 2.24) is 5.32 Å². The van der Waals surface area contributed by atoms with Gasteiger partial charge in [0.15, 0.2) is 16.7 Å². The van der Waals surface area contributed by atoms with E-state index in [1.807, 2.05) is 28.7 Å². The quantitative estimate of drug-likeness (QED) is 0.208. The van der Waals surface area contributed by atoms with E-state index in [9.17, 15) is 15.0 Å². The minimum absolute atomic E-state index is 0.0262. The Morgan fingerprint density at radius 1 is 1.21 bits per heavy atom. The van der Waals surface area contributed by atoms with E-state index in [1.165, 1.54) is 19.4 Å². The Bertz CT molecular complexity index is 1040. The van der Waals surface area contributed by atoms with Crippen molar-refractivity contribution in [2.24, 2.45) is 10.2 Å². The maximum Gasteiger partial charge on any atom is 0.264 e. The molecule has 1 fully saturated rings. The van der Waals surface area contributed by atoms with Crippen molar-refractivity contribution in [3.8, 4) is 17.2 Å². The van der Waals surface area contributed by atoms with Gasteiger partial charge in [-0.15, -0.1) is 5.10 Å². The van der Waals surface area contributed by atoms with Gasteiger partial charge in [-0.3, -0.25) is 10.1 Å². The molecule has 0 saturated carbocycles. The van der Waals surface area contributed by atoms with Crippen LogP contribution in [0.1, 0.15) is 11.1 Å². The number of methoxy groups -OCH3 is 1. The lowest BCUT2D eigenvalue weighted by Crippen LogP contribution is -2.19. The maximum absolute atomic E-state index is 12.1. The average Bonchev–Trinajstić information content (AvgIpc) is 3.00. The normalized spacial score (nSPS) is 16.9. The predicted octanol–water partition coefficient (Wildman–Crippen LogP) is 3.91. The number of aromatic hydroxyl groups is 2. The van der Waals surface area contributed by atoms with Crippen molar-refractivity contribution in [2.45, 2.75) is 0 Å². The van der Waals surface area contributed by atoms with Gasteiger partial charge in [-0.2, -0.15) is 5.10 Å². The summed E-state index contributed by atoms with van der Waals surface area (Å²) >= 11 is 5.34. The number of phenolic OH excluding ortho intramolecular Hbond substituents is 2. The van der Waals surface area contributed by atoms with E-state index in [1.54, 1.807) is 24.3 Å². The molecule has 0 atom stereocenters. The van der Waals surface area contributed by atoms with Gasteiger partial charge in [0.2, 0.25) is 0 Å². The number of hydrogen-bond donors (Lipinski definition) is 3. The molecule has 1 saturated heterocycles. The molecule has 0 aromatic heterocycles. The van der Waals surface area contributed by atoms with E-state index >= 15 is 0 Å². The summed E-state index contributed by atoms with van der Waals surface area (Å²) in [5.74, 6) is 0.189. The smallest absolute Gasteiger partial charge is 0.264 e. The van der Waals surface area contributed by atoms with Crippen LogP contribution >= 0.6 is 56.9 Å². The van der Waals surface area contributed by atoms with Gasteiger partial charge in [-0.05, 0) is 92.8 Å². The summed E-state index contributed by atoms with van der Waals surface area (Å²) < 4.78 is 6.75. The largest absolute Gasteiger partial charge is 0.506 e. The van der Waals surface area contributed by atoms with Crippen LogP contribution in [0.2, 0.25) is 0 Å². The van der Waals surface area contributed by atoms with Crippen molar-refractivity contribution in [1.29, 1.82) is 0 Å². The number of benzene rings is 2. The number of halogens is 2. The highest BCUT2D eigenvalue weighted by Crippen LogP contribution is 2.31. The second kappa shape index (κ2) is 9.13. The van der Waals surface area contributed by atoms with E-state index < -0.39 is 0 Å². The van der Waals surface area contributed by atoms with Crippen LogP contribution in [0.5, 0.6) is 17.2 Å². The van der Waals surface area contributed by atoms with Crippen molar-refractivity contribution in [2.75, 3.05) is 7.11 Å². The molecule has 0 radical (unpaired) electrons. The standard InChI is InChI=1S/C18H13I2N3O4S/c1-27-14-4-9(2-3-13(14)24)5-15-17(26)22-18(28-15)23-21-8-10-6-11(19)7-12(20)16(10)25/h2-8,24-25H,1H3,(H,22,23,26). The number of nitrogens with one attached hydrogen (secondary N) is 1. The Morgan fingerprint density at radius 2 is 2.00 bits per heavy atom. The van der Waals surface area contributed by atoms with Crippen LogP contribution in [0, 0.1) is 7.14 Å². The SMILES string of the molecule is COc1cc(C=C2S/C(=N/N=Cc3cc(I)cc(I)c3O)NC2=O)ccc1O. The van der Waals surface area contributed by atoms with Crippen molar-refractivity contribution >= 4 is 80.3 Å². The van der Waals surface area contributed by atoms with Crippen LogP contribution in [0.4, 0.5) is 0 Å². The fourth-order valence-electron chi connectivity index (χ4n) is 2.24. The van der Waals surface area contributed by atoms with E-state index in [0.717, 1.165) is 18.9 Å². The topological polar surface area (TPSA) is 104 Å². The molecule has 2 aromatic rings. The van der Waals surface area contributed by atoms with Crippen molar-refractivity contribution in [3.63, 3.8) is 0 Å². The molecule has 28 heavy (non-hydrogen) atoms. The number of amides is 1. The van der Waals surface area contributed by atoms with E-state index in [4.69, 9.17) is 4.74 Å². The molecule has 1 aliphatic heterocycles. The van der Waals surface area contributed by atoms with Gasteiger partial charge in [-0.1, -0.05) is 6.07 Å². The molecule has 3 rings (SSSR count). The molecule has 1 amide bonds. The van der Waals surface area contributed by atoms with Crippen molar-refractivity contribution < 1.29 is 19.7 Å². The zero-order chi connectivity index (χ0) is 20.3. The first kappa shape index (κ1) is 20.9. The third-order valence-electron chi connectivity index (χ3n) is 3.56. The Hall–Kier alpha value is -1.80. The van der Waals surface area contributed by atoms with Gasteiger partial charge in [0.05, 0.1) is 21.8 Å². The Labute approximate surface area is 192 Å². The number of phenols is 2. The molecule has 1 heterocycles.